The highest BCUT2D eigenvalue weighted by atomic mass is 79.9. The summed E-state index contributed by atoms with van der Waals surface area (Å²) >= 11 is 3.43. The van der Waals surface area contributed by atoms with Crippen LogP contribution in [-0.4, -0.2) is 43.9 Å². The maximum atomic E-state index is 12.9. The number of nitrogens with zero attached hydrogens (tertiary/aromatic N) is 1. The van der Waals surface area contributed by atoms with Crippen LogP contribution >= 0.6 is 15.9 Å². The molecule has 1 aliphatic rings. The van der Waals surface area contributed by atoms with Crippen molar-refractivity contribution in [2.24, 2.45) is 0 Å². The van der Waals surface area contributed by atoms with Crippen molar-refractivity contribution in [3.63, 3.8) is 0 Å². The van der Waals surface area contributed by atoms with Crippen LogP contribution in [0.15, 0.2) is 57.9 Å². The first-order valence-electron chi connectivity index (χ1n) is 9.49. The largest absolute Gasteiger partial charge is 0.373 e. The van der Waals surface area contributed by atoms with Gasteiger partial charge < -0.3 is 10.1 Å². The van der Waals surface area contributed by atoms with Crippen LogP contribution in [0.3, 0.4) is 0 Å². The Hall–Kier alpha value is -1.74. The van der Waals surface area contributed by atoms with E-state index in [1.54, 1.807) is 12.1 Å². The molecule has 3 atom stereocenters. The predicted molar refractivity (Wildman–Crippen MR) is 115 cm³/mol. The van der Waals surface area contributed by atoms with Crippen molar-refractivity contribution < 1.29 is 17.9 Å². The Morgan fingerprint density at radius 2 is 1.76 bits per heavy atom. The first kappa shape index (κ1) is 22.0. The van der Waals surface area contributed by atoms with Gasteiger partial charge in [-0.3, -0.25) is 4.79 Å². The second kappa shape index (κ2) is 8.95. The number of ether oxygens (including phenoxy) is 1. The molecule has 6 nitrogen and oxygen atoms in total. The van der Waals surface area contributed by atoms with Crippen molar-refractivity contribution in [1.29, 1.82) is 0 Å². The molecule has 1 heterocycles. The molecular weight excluding hydrogens is 456 g/mol. The lowest BCUT2D eigenvalue weighted by Gasteiger charge is -2.34. The van der Waals surface area contributed by atoms with E-state index in [9.17, 15) is 13.2 Å². The number of nitrogens with one attached hydrogen (secondary N) is 1. The molecule has 0 aromatic heterocycles. The minimum Gasteiger partial charge on any atom is -0.373 e. The molecule has 2 aromatic carbocycles. The van der Waals surface area contributed by atoms with E-state index < -0.39 is 10.0 Å². The zero-order valence-corrected chi connectivity index (χ0v) is 19.0. The lowest BCUT2D eigenvalue weighted by Crippen LogP contribution is -2.48. The third-order valence-electron chi connectivity index (χ3n) is 4.84. The number of morpholine rings is 1. The van der Waals surface area contributed by atoms with Gasteiger partial charge in [0, 0.05) is 23.1 Å². The Balaban J connectivity index is 1.71. The van der Waals surface area contributed by atoms with Gasteiger partial charge >= 0.3 is 0 Å². The van der Waals surface area contributed by atoms with Crippen molar-refractivity contribution in [2.75, 3.05) is 13.1 Å². The summed E-state index contributed by atoms with van der Waals surface area (Å²) in [6, 6.07) is 13.6. The molecule has 156 valence electrons. The molecule has 0 bridgehead atoms. The summed E-state index contributed by atoms with van der Waals surface area (Å²) in [7, 11) is -3.62. The highest BCUT2D eigenvalue weighted by Gasteiger charge is 2.32. The molecular formula is C21H25BrN2O4S. The van der Waals surface area contributed by atoms with E-state index in [1.807, 2.05) is 45.0 Å². The van der Waals surface area contributed by atoms with Crippen LogP contribution < -0.4 is 5.32 Å². The summed E-state index contributed by atoms with van der Waals surface area (Å²) in [4.78, 5) is 12.7. The van der Waals surface area contributed by atoms with E-state index in [1.165, 1.54) is 16.4 Å². The zero-order valence-electron chi connectivity index (χ0n) is 16.6. The first-order valence-corrected chi connectivity index (χ1v) is 11.7. The topological polar surface area (TPSA) is 75.7 Å². The predicted octanol–water partition coefficient (Wildman–Crippen LogP) is 3.74. The van der Waals surface area contributed by atoms with E-state index in [0.717, 1.165) is 10.0 Å². The highest BCUT2D eigenvalue weighted by molar-refractivity contribution is 9.10. The number of amides is 1. The van der Waals surface area contributed by atoms with E-state index in [4.69, 9.17) is 4.74 Å². The monoisotopic (exact) mass is 480 g/mol. The SMILES string of the molecule is CC1CN(S(=O)(=O)c2ccc(C(=O)NC(C)c3cccc(Br)c3)cc2)CC(C)O1. The van der Waals surface area contributed by atoms with Gasteiger partial charge in [-0.25, -0.2) is 8.42 Å². The molecule has 3 unspecified atom stereocenters. The summed E-state index contributed by atoms with van der Waals surface area (Å²) < 4.78 is 33.8. The smallest absolute Gasteiger partial charge is 0.251 e. The number of hydrogen-bond acceptors (Lipinski definition) is 4. The highest BCUT2D eigenvalue weighted by Crippen LogP contribution is 2.22. The summed E-state index contributed by atoms with van der Waals surface area (Å²) in [6.07, 6.45) is -0.309. The summed E-state index contributed by atoms with van der Waals surface area (Å²) in [5.41, 5.74) is 1.39. The van der Waals surface area contributed by atoms with Gasteiger partial charge in [0.25, 0.3) is 5.91 Å². The van der Waals surface area contributed by atoms with Crippen LogP contribution in [0.25, 0.3) is 0 Å². The molecule has 1 fully saturated rings. The van der Waals surface area contributed by atoms with Gasteiger partial charge in [-0.05, 0) is 62.7 Å². The Labute approximate surface area is 180 Å². The van der Waals surface area contributed by atoms with E-state index >= 15 is 0 Å². The van der Waals surface area contributed by atoms with Gasteiger partial charge in [0.2, 0.25) is 10.0 Å². The maximum Gasteiger partial charge on any atom is 0.251 e. The maximum absolute atomic E-state index is 12.9. The van der Waals surface area contributed by atoms with Crippen molar-refractivity contribution in [2.45, 2.75) is 43.9 Å². The first-order chi connectivity index (χ1) is 13.7. The van der Waals surface area contributed by atoms with E-state index in [0.29, 0.717) is 18.7 Å². The van der Waals surface area contributed by atoms with Gasteiger partial charge in [0.15, 0.2) is 0 Å². The lowest BCUT2D eigenvalue weighted by atomic mass is 10.1. The lowest BCUT2D eigenvalue weighted by molar-refractivity contribution is -0.0440. The third-order valence-corrected chi connectivity index (χ3v) is 7.18. The normalized spacial score (nSPS) is 21.5. The molecule has 1 saturated heterocycles. The molecule has 0 radical (unpaired) electrons. The Kier molecular flexibility index (Phi) is 6.78. The van der Waals surface area contributed by atoms with Crippen molar-refractivity contribution in [1.82, 2.24) is 9.62 Å². The van der Waals surface area contributed by atoms with Gasteiger partial charge in [-0.15, -0.1) is 0 Å². The molecule has 8 heteroatoms. The molecule has 3 rings (SSSR count). The van der Waals surface area contributed by atoms with Crippen molar-refractivity contribution in [3.05, 3.63) is 64.1 Å². The number of hydrogen-bond donors (Lipinski definition) is 1. The van der Waals surface area contributed by atoms with Crippen LogP contribution in [0.5, 0.6) is 0 Å². The zero-order chi connectivity index (χ0) is 21.2. The van der Waals surface area contributed by atoms with Gasteiger partial charge in [-0.2, -0.15) is 4.31 Å². The fourth-order valence-corrected chi connectivity index (χ4v) is 5.40. The molecule has 0 saturated carbocycles. The fourth-order valence-electron chi connectivity index (χ4n) is 3.39. The van der Waals surface area contributed by atoms with Crippen LogP contribution in [0.2, 0.25) is 0 Å². The molecule has 1 aliphatic heterocycles. The fraction of sp³-hybridized carbons (Fsp3) is 0.381. The second-order valence-electron chi connectivity index (χ2n) is 7.35. The average molecular weight is 481 g/mol. The molecule has 0 spiro atoms. The van der Waals surface area contributed by atoms with E-state index in [2.05, 4.69) is 21.2 Å². The number of carbonyl (C=O) groups is 1. The Morgan fingerprint density at radius 3 is 2.34 bits per heavy atom. The quantitative estimate of drug-likeness (QED) is 0.706. The molecule has 0 aliphatic carbocycles. The van der Waals surface area contributed by atoms with Crippen LogP contribution in [0.4, 0.5) is 0 Å². The van der Waals surface area contributed by atoms with Gasteiger partial charge in [0.1, 0.15) is 0 Å². The van der Waals surface area contributed by atoms with Gasteiger partial charge in [0.05, 0.1) is 23.1 Å². The van der Waals surface area contributed by atoms with Crippen molar-refractivity contribution >= 4 is 31.9 Å². The van der Waals surface area contributed by atoms with Crippen LogP contribution in [-0.2, 0) is 14.8 Å². The minimum atomic E-state index is -3.62. The number of benzene rings is 2. The Morgan fingerprint density at radius 1 is 1.14 bits per heavy atom. The molecule has 29 heavy (non-hydrogen) atoms. The molecule has 1 amide bonds. The number of sulfonamides is 1. The Bertz CT molecular complexity index is 968. The standard InChI is InChI=1S/C21H25BrN2O4S/c1-14-12-24(13-15(2)28-14)29(26,27)20-9-7-17(8-10-20)21(25)23-16(3)18-5-4-6-19(22)11-18/h4-11,14-16H,12-13H2,1-3H3,(H,23,25). The van der Waals surface area contributed by atoms with Crippen LogP contribution in [0, 0.1) is 0 Å². The summed E-state index contributed by atoms with van der Waals surface area (Å²) in [5.74, 6) is -0.255. The summed E-state index contributed by atoms with van der Waals surface area (Å²) in [6.45, 7) is 6.26. The number of carbonyl (C=O) groups excluding carboxylic acids is 1. The minimum absolute atomic E-state index is 0.155. The summed E-state index contributed by atoms with van der Waals surface area (Å²) in [5, 5.41) is 2.94. The molecule has 2 aromatic rings. The second-order valence-corrected chi connectivity index (χ2v) is 10.2. The average Bonchev–Trinajstić information content (AvgIpc) is 2.67. The van der Waals surface area contributed by atoms with E-state index in [-0.39, 0.29) is 29.1 Å². The number of halogens is 1. The molecule has 1 N–H and O–H groups in total. The number of rotatable bonds is 5. The van der Waals surface area contributed by atoms with Crippen molar-refractivity contribution in [3.8, 4) is 0 Å². The van der Waals surface area contributed by atoms with Gasteiger partial charge in [-0.1, -0.05) is 28.1 Å². The van der Waals surface area contributed by atoms with Crippen LogP contribution in [0.1, 0.15) is 42.7 Å². The third kappa shape index (κ3) is 5.25.